The first-order chi connectivity index (χ1) is 16.2. The minimum Gasteiger partial charge on any atom is -0.383 e. The van der Waals surface area contributed by atoms with Crippen LogP contribution < -0.4 is 11.1 Å². The second-order valence-electron chi connectivity index (χ2n) is 7.56. The number of nitrogen functional groups attached to an aromatic ring is 1. The molecule has 0 radical (unpaired) electrons. The van der Waals surface area contributed by atoms with Crippen molar-refractivity contribution in [2.45, 2.75) is 12.8 Å². The van der Waals surface area contributed by atoms with E-state index in [0.29, 0.717) is 34.3 Å². The van der Waals surface area contributed by atoms with Gasteiger partial charge in [-0.25, -0.2) is 9.97 Å². The summed E-state index contributed by atoms with van der Waals surface area (Å²) in [4.78, 5) is 23.5. The Morgan fingerprint density at radius 3 is 2.55 bits per heavy atom. The van der Waals surface area contributed by atoms with Gasteiger partial charge in [0.15, 0.2) is 5.65 Å². The molecule has 0 saturated heterocycles. The van der Waals surface area contributed by atoms with E-state index in [9.17, 15) is 4.79 Å². The molecule has 0 aliphatic rings. The van der Waals surface area contributed by atoms with E-state index in [1.165, 1.54) is 10.2 Å². The number of para-hydroxylation sites is 2. The maximum Gasteiger partial charge on any atom is 0.257 e. The first-order valence-corrected chi connectivity index (χ1v) is 11.6. The zero-order valence-electron chi connectivity index (χ0n) is 17.8. The Morgan fingerprint density at radius 1 is 1.03 bits per heavy atom. The van der Waals surface area contributed by atoms with Gasteiger partial charge in [0.05, 0.1) is 17.2 Å². The van der Waals surface area contributed by atoms with Crippen molar-refractivity contribution in [2.75, 3.05) is 12.3 Å². The Balaban J connectivity index is 1.47. The van der Waals surface area contributed by atoms with Crippen molar-refractivity contribution in [2.24, 2.45) is 5.10 Å². The average Bonchev–Trinajstić information content (AvgIpc) is 3.45. The summed E-state index contributed by atoms with van der Waals surface area (Å²) in [6, 6.07) is 21.6. The number of carbonyl (C=O) groups is 1. The predicted molar refractivity (Wildman–Crippen MR) is 134 cm³/mol. The Labute approximate surface area is 194 Å². The molecule has 3 N–H and O–H groups in total. The lowest BCUT2D eigenvalue weighted by molar-refractivity contribution is 0.0955. The lowest BCUT2D eigenvalue weighted by Crippen LogP contribution is -2.25. The molecule has 164 valence electrons. The molecule has 5 rings (SSSR count). The Bertz CT molecular complexity index is 1440. The molecule has 2 aromatic carbocycles. The highest BCUT2D eigenvalue weighted by atomic mass is 32.1. The van der Waals surface area contributed by atoms with Gasteiger partial charge < -0.3 is 11.1 Å². The number of nitrogens with one attached hydrogen (secondary N) is 1. The van der Waals surface area contributed by atoms with E-state index < -0.39 is 0 Å². The van der Waals surface area contributed by atoms with Gasteiger partial charge in [-0.15, -0.1) is 11.3 Å². The zero-order chi connectivity index (χ0) is 22.6. The number of carbonyl (C=O) groups excluding carboxylic acids is 1. The van der Waals surface area contributed by atoms with Crippen LogP contribution in [0.5, 0.6) is 0 Å². The van der Waals surface area contributed by atoms with E-state index in [4.69, 9.17) is 15.7 Å². The Hall–Kier alpha value is -4.04. The summed E-state index contributed by atoms with van der Waals surface area (Å²) in [6.07, 6.45) is 3.41. The highest BCUT2D eigenvalue weighted by Gasteiger charge is 2.23. The van der Waals surface area contributed by atoms with Crippen LogP contribution in [0.2, 0.25) is 0 Å². The maximum absolute atomic E-state index is 13.2. The minimum atomic E-state index is -0.278. The van der Waals surface area contributed by atoms with E-state index in [2.05, 4.69) is 22.6 Å². The van der Waals surface area contributed by atoms with Crippen LogP contribution in [0.25, 0.3) is 22.2 Å². The number of amides is 1. The van der Waals surface area contributed by atoms with Crippen molar-refractivity contribution < 1.29 is 4.79 Å². The van der Waals surface area contributed by atoms with Gasteiger partial charge in [-0.1, -0.05) is 48.5 Å². The monoisotopic (exact) mass is 454 g/mol. The molecule has 0 aliphatic carbocycles. The summed E-state index contributed by atoms with van der Waals surface area (Å²) < 4.78 is 1.49. The summed E-state index contributed by atoms with van der Waals surface area (Å²) in [5.74, 6) is -0.0612. The molecule has 8 heteroatoms. The predicted octanol–water partition coefficient (Wildman–Crippen LogP) is 4.47. The number of rotatable bonds is 7. The molecule has 5 aromatic rings. The van der Waals surface area contributed by atoms with Crippen molar-refractivity contribution in [1.82, 2.24) is 20.0 Å². The van der Waals surface area contributed by atoms with Crippen LogP contribution in [0.4, 0.5) is 5.82 Å². The number of anilines is 1. The number of aryl methyl sites for hydroxylation is 1. The molecule has 0 unspecified atom stereocenters. The van der Waals surface area contributed by atoms with Gasteiger partial charge in [0.2, 0.25) is 0 Å². The smallest absolute Gasteiger partial charge is 0.257 e. The van der Waals surface area contributed by atoms with Crippen LogP contribution in [-0.2, 0) is 6.42 Å². The number of thiophene rings is 1. The number of benzene rings is 2. The van der Waals surface area contributed by atoms with Gasteiger partial charge in [0.1, 0.15) is 16.9 Å². The molecule has 0 atom stereocenters. The van der Waals surface area contributed by atoms with E-state index >= 15 is 0 Å². The van der Waals surface area contributed by atoms with Gasteiger partial charge in [0.25, 0.3) is 5.91 Å². The second kappa shape index (κ2) is 9.22. The van der Waals surface area contributed by atoms with Crippen LogP contribution in [-0.4, -0.2) is 33.3 Å². The Morgan fingerprint density at radius 2 is 1.79 bits per heavy atom. The van der Waals surface area contributed by atoms with E-state index in [0.717, 1.165) is 17.7 Å². The molecular formula is C25H22N6OS. The largest absolute Gasteiger partial charge is 0.383 e. The number of nitrogens with zero attached hydrogens (tertiary/aromatic N) is 4. The number of hydrogen-bond donors (Lipinski definition) is 2. The van der Waals surface area contributed by atoms with Crippen LogP contribution in [0.1, 0.15) is 27.2 Å². The summed E-state index contributed by atoms with van der Waals surface area (Å²) in [5.41, 5.74) is 10.3. The topological polar surface area (TPSA) is 98.2 Å². The van der Waals surface area contributed by atoms with Crippen LogP contribution in [0, 0.1) is 0 Å². The van der Waals surface area contributed by atoms with Gasteiger partial charge in [-0.05, 0) is 42.0 Å². The van der Waals surface area contributed by atoms with Crippen molar-refractivity contribution in [1.29, 1.82) is 0 Å². The molecule has 0 spiro atoms. The fourth-order valence-electron chi connectivity index (χ4n) is 3.70. The molecule has 0 bridgehead atoms. The molecule has 3 heterocycles. The van der Waals surface area contributed by atoms with Crippen molar-refractivity contribution in [3.05, 3.63) is 88.1 Å². The number of fused-ring (bicyclic) bond motifs is 2. The van der Waals surface area contributed by atoms with Crippen molar-refractivity contribution in [3.63, 3.8) is 0 Å². The zero-order valence-corrected chi connectivity index (χ0v) is 18.6. The molecule has 0 fully saturated rings. The lowest BCUT2D eigenvalue weighted by Gasteiger charge is -2.06. The molecule has 3 aromatic heterocycles. The molecule has 33 heavy (non-hydrogen) atoms. The quantitative estimate of drug-likeness (QED) is 0.280. The highest BCUT2D eigenvalue weighted by Crippen LogP contribution is 2.28. The van der Waals surface area contributed by atoms with Crippen LogP contribution in [0.3, 0.4) is 0 Å². The average molecular weight is 455 g/mol. The number of aromatic nitrogens is 3. The first-order valence-electron chi connectivity index (χ1n) is 10.7. The first kappa shape index (κ1) is 20.8. The maximum atomic E-state index is 13.2. The van der Waals surface area contributed by atoms with E-state index in [1.807, 2.05) is 60.0 Å². The van der Waals surface area contributed by atoms with Gasteiger partial charge in [-0.3, -0.25) is 4.79 Å². The number of nitrogens with two attached hydrogens (primary N) is 1. The second-order valence-corrected chi connectivity index (χ2v) is 8.54. The van der Waals surface area contributed by atoms with Crippen molar-refractivity contribution in [3.8, 4) is 0 Å². The highest BCUT2D eigenvalue weighted by molar-refractivity contribution is 7.11. The Kier molecular flexibility index (Phi) is 5.82. The fourth-order valence-corrected chi connectivity index (χ4v) is 4.27. The number of hydrogen-bond acceptors (Lipinski definition) is 6. The molecule has 1 amide bonds. The van der Waals surface area contributed by atoms with Crippen molar-refractivity contribution >= 4 is 51.5 Å². The van der Waals surface area contributed by atoms with E-state index in [-0.39, 0.29) is 11.7 Å². The fraction of sp³-hybridized carbons (Fsp3) is 0.120. The normalized spacial score (nSPS) is 11.5. The summed E-state index contributed by atoms with van der Waals surface area (Å²) in [6.45, 7) is 0.527. The van der Waals surface area contributed by atoms with Gasteiger partial charge >= 0.3 is 0 Å². The van der Waals surface area contributed by atoms with E-state index in [1.54, 1.807) is 17.6 Å². The SMILES string of the molecule is Nc1c(C(=O)NCCCc2ccccc2)c2nc3ccccc3nc2n1/N=C\c1cccs1. The minimum absolute atomic E-state index is 0.216. The third-order valence-corrected chi connectivity index (χ3v) is 6.12. The molecular weight excluding hydrogens is 432 g/mol. The van der Waals surface area contributed by atoms with Gasteiger partial charge in [0, 0.05) is 11.4 Å². The molecule has 0 saturated carbocycles. The summed E-state index contributed by atoms with van der Waals surface area (Å²) in [5, 5.41) is 9.47. The molecule has 0 aliphatic heterocycles. The lowest BCUT2D eigenvalue weighted by atomic mass is 10.1. The van der Waals surface area contributed by atoms with Crippen LogP contribution >= 0.6 is 11.3 Å². The standard InChI is InChI=1S/C25H22N6OS/c26-23-21(25(32)27-14-6-10-17-8-2-1-3-9-17)22-24(30-20-13-5-4-12-19(20)29-22)31(23)28-16-18-11-7-15-33-18/h1-5,7-9,11-13,15-16H,6,10,14,26H2,(H,27,32)/b28-16-. The summed E-state index contributed by atoms with van der Waals surface area (Å²) >= 11 is 1.56. The third kappa shape index (κ3) is 4.33. The summed E-state index contributed by atoms with van der Waals surface area (Å²) in [7, 11) is 0. The third-order valence-electron chi connectivity index (χ3n) is 5.32. The van der Waals surface area contributed by atoms with Crippen LogP contribution in [0.15, 0.2) is 77.2 Å². The van der Waals surface area contributed by atoms with Gasteiger partial charge in [-0.2, -0.15) is 9.78 Å². The molecule has 7 nitrogen and oxygen atoms in total.